The lowest BCUT2D eigenvalue weighted by Gasteiger charge is -2.09. The Hall–Kier alpha value is -0.830. The quantitative estimate of drug-likeness (QED) is 0.437. The fourth-order valence-corrected chi connectivity index (χ4v) is 0.606. The molecule has 0 radical (unpaired) electrons. The molecule has 1 aliphatic heterocycles. The first-order chi connectivity index (χ1) is 3.79. The van der Waals surface area contributed by atoms with Crippen LogP contribution in [0.3, 0.4) is 0 Å². The van der Waals surface area contributed by atoms with Crippen molar-refractivity contribution in [3.05, 3.63) is 12.3 Å². The molecule has 44 valence electrons. The molecule has 1 aliphatic rings. The van der Waals surface area contributed by atoms with Crippen molar-refractivity contribution in [3.8, 4) is 0 Å². The third-order valence-electron chi connectivity index (χ3n) is 1.01. The Morgan fingerprint density at radius 3 is 3.00 bits per heavy atom. The van der Waals surface area contributed by atoms with Crippen LogP contribution < -0.4 is 11.1 Å². The number of carbonyl (C=O) groups is 1. The van der Waals surface area contributed by atoms with Crippen molar-refractivity contribution >= 4 is 5.91 Å². The lowest BCUT2D eigenvalue weighted by atomic mass is 10.2. The average molecular weight is 112 g/mol. The monoisotopic (exact) mass is 112 g/mol. The zero-order chi connectivity index (χ0) is 5.98. The van der Waals surface area contributed by atoms with Crippen molar-refractivity contribution in [3.63, 3.8) is 0 Å². The van der Waals surface area contributed by atoms with E-state index in [4.69, 9.17) is 5.73 Å². The van der Waals surface area contributed by atoms with Crippen molar-refractivity contribution in [2.24, 2.45) is 5.73 Å². The summed E-state index contributed by atoms with van der Waals surface area (Å²) in [5.41, 5.74) is 5.38. The van der Waals surface area contributed by atoms with Crippen LogP contribution in [-0.2, 0) is 4.79 Å². The summed E-state index contributed by atoms with van der Waals surface area (Å²) in [5, 5.41) is 2.51. The first-order valence-corrected chi connectivity index (χ1v) is 2.50. The van der Waals surface area contributed by atoms with E-state index in [9.17, 15) is 4.79 Å². The number of amides is 1. The first-order valence-electron chi connectivity index (χ1n) is 2.50. The van der Waals surface area contributed by atoms with Gasteiger partial charge in [-0.3, -0.25) is 4.79 Å². The van der Waals surface area contributed by atoms with E-state index in [-0.39, 0.29) is 11.9 Å². The number of carbonyl (C=O) groups excluding carboxylic acids is 1. The van der Waals surface area contributed by atoms with Gasteiger partial charge in [0, 0.05) is 18.7 Å². The topological polar surface area (TPSA) is 55.1 Å². The lowest BCUT2D eigenvalue weighted by Crippen LogP contribution is -2.32. The van der Waals surface area contributed by atoms with Gasteiger partial charge in [-0.05, 0) is 0 Å². The highest BCUT2D eigenvalue weighted by molar-refractivity contribution is 5.78. The highest BCUT2D eigenvalue weighted by Gasteiger charge is 2.08. The maximum absolute atomic E-state index is 10.4. The van der Waals surface area contributed by atoms with Gasteiger partial charge in [-0.2, -0.15) is 0 Å². The van der Waals surface area contributed by atoms with Crippen molar-refractivity contribution < 1.29 is 4.79 Å². The van der Waals surface area contributed by atoms with Gasteiger partial charge in [0.15, 0.2) is 0 Å². The van der Waals surface area contributed by atoms with Crippen molar-refractivity contribution in [2.45, 2.75) is 12.5 Å². The van der Waals surface area contributed by atoms with Gasteiger partial charge >= 0.3 is 0 Å². The van der Waals surface area contributed by atoms with Gasteiger partial charge in [0.2, 0.25) is 5.91 Å². The normalized spacial score (nSPS) is 27.6. The number of hydrogen-bond acceptors (Lipinski definition) is 2. The molecule has 8 heavy (non-hydrogen) atoms. The Balaban J connectivity index is 2.54. The standard InChI is InChI=1S/C5H8N2O/c6-4-1-2-7-5(8)3-4/h1-2,4H,3,6H2,(H,7,8). The SMILES string of the molecule is NC1C=CNC(=O)C1. The molecule has 0 saturated carbocycles. The van der Waals surface area contributed by atoms with E-state index in [1.54, 1.807) is 12.3 Å². The molecular formula is C5H8N2O. The minimum atomic E-state index is -0.0799. The highest BCUT2D eigenvalue weighted by atomic mass is 16.1. The van der Waals surface area contributed by atoms with E-state index < -0.39 is 0 Å². The number of nitrogens with one attached hydrogen (secondary N) is 1. The van der Waals surface area contributed by atoms with E-state index in [1.165, 1.54) is 0 Å². The van der Waals surface area contributed by atoms with Crippen LogP contribution in [0.5, 0.6) is 0 Å². The summed E-state index contributed by atoms with van der Waals surface area (Å²) in [7, 11) is 0. The van der Waals surface area contributed by atoms with Crippen LogP contribution in [0.25, 0.3) is 0 Å². The highest BCUT2D eigenvalue weighted by Crippen LogP contribution is 1.94. The summed E-state index contributed by atoms with van der Waals surface area (Å²) in [6.45, 7) is 0. The van der Waals surface area contributed by atoms with Gasteiger partial charge in [0.1, 0.15) is 0 Å². The van der Waals surface area contributed by atoms with Crippen LogP contribution >= 0.6 is 0 Å². The zero-order valence-electron chi connectivity index (χ0n) is 4.42. The van der Waals surface area contributed by atoms with Crippen molar-refractivity contribution in [2.75, 3.05) is 0 Å². The fraction of sp³-hybridized carbons (Fsp3) is 0.400. The summed E-state index contributed by atoms with van der Waals surface area (Å²) in [6, 6.07) is -0.0799. The van der Waals surface area contributed by atoms with Crippen molar-refractivity contribution in [1.82, 2.24) is 5.32 Å². The summed E-state index contributed by atoms with van der Waals surface area (Å²) < 4.78 is 0. The maximum Gasteiger partial charge on any atom is 0.225 e. The molecule has 1 rings (SSSR count). The molecule has 1 amide bonds. The molecule has 0 saturated heterocycles. The minimum Gasteiger partial charge on any atom is -0.333 e. The van der Waals surface area contributed by atoms with Crippen LogP contribution in [0.4, 0.5) is 0 Å². The second kappa shape index (κ2) is 1.96. The molecule has 0 aromatic rings. The van der Waals surface area contributed by atoms with E-state index in [1.807, 2.05) is 0 Å². The van der Waals surface area contributed by atoms with Gasteiger partial charge < -0.3 is 11.1 Å². The van der Waals surface area contributed by atoms with Gasteiger partial charge in [-0.15, -0.1) is 0 Å². The van der Waals surface area contributed by atoms with Gasteiger partial charge in [-0.1, -0.05) is 6.08 Å². The van der Waals surface area contributed by atoms with E-state index in [0.29, 0.717) is 6.42 Å². The van der Waals surface area contributed by atoms with Gasteiger partial charge in [0.05, 0.1) is 0 Å². The third kappa shape index (κ3) is 1.07. The third-order valence-corrected chi connectivity index (χ3v) is 1.01. The molecule has 3 nitrogen and oxygen atoms in total. The van der Waals surface area contributed by atoms with E-state index in [2.05, 4.69) is 5.32 Å². The summed E-state index contributed by atoms with van der Waals surface area (Å²) in [4.78, 5) is 10.4. The van der Waals surface area contributed by atoms with Gasteiger partial charge in [-0.25, -0.2) is 0 Å². The Labute approximate surface area is 47.6 Å². The summed E-state index contributed by atoms with van der Waals surface area (Å²) in [5.74, 6) is 0.000000000000000222. The Kier molecular flexibility index (Phi) is 1.30. The molecule has 0 aliphatic carbocycles. The Morgan fingerprint density at radius 1 is 1.88 bits per heavy atom. The Bertz CT molecular complexity index is 130. The van der Waals surface area contributed by atoms with Crippen LogP contribution in [0.2, 0.25) is 0 Å². The molecule has 1 heterocycles. The lowest BCUT2D eigenvalue weighted by molar-refractivity contribution is -0.120. The van der Waals surface area contributed by atoms with Crippen LogP contribution in [-0.4, -0.2) is 11.9 Å². The molecule has 0 bridgehead atoms. The molecule has 3 heteroatoms. The molecule has 0 aromatic carbocycles. The predicted octanol–water partition coefficient (Wildman–Crippen LogP) is -0.653. The van der Waals surface area contributed by atoms with Crippen LogP contribution in [0, 0.1) is 0 Å². The minimum absolute atomic E-state index is 0.000000000000000222. The summed E-state index contributed by atoms with van der Waals surface area (Å²) in [6.07, 6.45) is 3.76. The second-order valence-corrected chi connectivity index (χ2v) is 1.79. The van der Waals surface area contributed by atoms with E-state index in [0.717, 1.165) is 0 Å². The largest absolute Gasteiger partial charge is 0.333 e. The van der Waals surface area contributed by atoms with Crippen molar-refractivity contribution in [1.29, 1.82) is 0 Å². The van der Waals surface area contributed by atoms with E-state index >= 15 is 0 Å². The molecule has 1 atom stereocenters. The fourth-order valence-electron chi connectivity index (χ4n) is 0.606. The first kappa shape index (κ1) is 5.31. The molecule has 1 unspecified atom stereocenters. The molecule has 3 N–H and O–H groups in total. The molecule has 0 fully saturated rings. The average Bonchev–Trinajstić information content (AvgIpc) is 1.64. The van der Waals surface area contributed by atoms with Crippen LogP contribution in [0.1, 0.15) is 6.42 Å². The Morgan fingerprint density at radius 2 is 2.62 bits per heavy atom. The molecule has 0 aromatic heterocycles. The number of rotatable bonds is 0. The van der Waals surface area contributed by atoms with Gasteiger partial charge in [0.25, 0.3) is 0 Å². The molecular weight excluding hydrogens is 104 g/mol. The maximum atomic E-state index is 10.4. The molecule has 0 spiro atoms. The van der Waals surface area contributed by atoms with Crippen LogP contribution in [0.15, 0.2) is 12.3 Å². The smallest absolute Gasteiger partial charge is 0.225 e. The predicted molar refractivity (Wildman–Crippen MR) is 29.9 cm³/mol. The number of nitrogens with two attached hydrogens (primary N) is 1. The number of hydrogen-bond donors (Lipinski definition) is 2. The summed E-state index contributed by atoms with van der Waals surface area (Å²) >= 11 is 0. The zero-order valence-corrected chi connectivity index (χ0v) is 4.42. The second-order valence-electron chi connectivity index (χ2n) is 1.79.